The lowest BCUT2D eigenvalue weighted by molar-refractivity contribution is 0.302. The second-order valence-corrected chi connectivity index (χ2v) is 6.03. The van der Waals surface area contributed by atoms with Gasteiger partial charge in [-0.15, -0.1) is 11.3 Å². The van der Waals surface area contributed by atoms with E-state index in [1.165, 1.54) is 22.7 Å². The van der Waals surface area contributed by atoms with E-state index in [4.69, 9.17) is 4.74 Å². The first-order valence-electron chi connectivity index (χ1n) is 7.28. The minimum atomic E-state index is 0.554. The van der Waals surface area contributed by atoms with Gasteiger partial charge >= 0.3 is 0 Å². The number of thiazole rings is 1. The van der Waals surface area contributed by atoms with Crippen LogP contribution >= 0.6 is 11.3 Å². The average Bonchev–Trinajstić information content (AvgIpc) is 2.93. The zero-order chi connectivity index (χ0) is 13.8. The zero-order valence-electron chi connectivity index (χ0n) is 11.8. The Morgan fingerprint density at radius 2 is 2.35 bits per heavy atom. The summed E-state index contributed by atoms with van der Waals surface area (Å²) >= 11 is 1.73. The molecule has 0 spiro atoms. The predicted molar refractivity (Wildman–Crippen MR) is 83.7 cm³/mol. The molecule has 0 radical (unpaired) electrons. The van der Waals surface area contributed by atoms with E-state index in [0.29, 0.717) is 6.61 Å². The fourth-order valence-corrected chi connectivity index (χ4v) is 3.38. The first-order valence-corrected chi connectivity index (χ1v) is 8.16. The molecule has 2 heterocycles. The van der Waals surface area contributed by atoms with Crippen molar-refractivity contribution in [3.8, 4) is 5.75 Å². The van der Waals surface area contributed by atoms with Crippen molar-refractivity contribution in [3.63, 3.8) is 0 Å². The molecule has 0 fully saturated rings. The summed E-state index contributed by atoms with van der Waals surface area (Å²) in [5, 5.41) is 6.76. The molecular formula is C16H20N2OS. The lowest BCUT2D eigenvalue weighted by Gasteiger charge is -2.20. The molecule has 0 saturated carbocycles. The second kappa shape index (κ2) is 6.27. The van der Waals surface area contributed by atoms with Gasteiger partial charge in [0.25, 0.3) is 0 Å². The van der Waals surface area contributed by atoms with E-state index in [0.717, 1.165) is 37.3 Å². The molecule has 0 bridgehead atoms. The topological polar surface area (TPSA) is 34.1 Å². The Labute approximate surface area is 124 Å². The highest BCUT2D eigenvalue weighted by Crippen LogP contribution is 2.32. The predicted octanol–water partition coefficient (Wildman–Crippen LogP) is 4.03. The average molecular weight is 288 g/mol. The number of para-hydroxylation sites is 1. The number of hydrogen-bond donors (Lipinski definition) is 1. The molecule has 106 valence electrons. The number of aryl methyl sites for hydroxylation is 2. The van der Waals surface area contributed by atoms with Gasteiger partial charge < -0.3 is 10.1 Å². The van der Waals surface area contributed by atoms with Crippen LogP contribution in [0.2, 0.25) is 0 Å². The summed E-state index contributed by atoms with van der Waals surface area (Å²) in [5.41, 5.74) is 3.56. The molecule has 3 rings (SSSR count). The monoisotopic (exact) mass is 288 g/mol. The minimum Gasteiger partial charge on any atom is -0.485 e. The number of anilines is 1. The first kappa shape index (κ1) is 13.4. The Morgan fingerprint density at radius 1 is 1.40 bits per heavy atom. The molecule has 1 aromatic heterocycles. The summed E-state index contributed by atoms with van der Waals surface area (Å²) in [7, 11) is 0. The Morgan fingerprint density at radius 3 is 3.25 bits per heavy atom. The summed E-state index contributed by atoms with van der Waals surface area (Å²) in [5.74, 6) is 0.951. The number of rotatable bonds is 5. The maximum Gasteiger partial charge on any atom is 0.143 e. The van der Waals surface area contributed by atoms with Crippen molar-refractivity contribution in [2.75, 3.05) is 11.9 Å². The SMILES string of the molecule is CCCc1nc(COc2cccc3c2NCCC3)cs1. The Bertz CT molecular complexity index is 580. The van der Waals surface area contributed by atoms with Gasteiger partial charge in [-0.05, 0) is 37.3 Å². The van der Waals surface area contributed by atoms with Crippen molar-refractivity contribution in [3.05, 3.63) is 39.8 Å². The highest BCUT2D eigenvalue weighted by atomic mass is 32.1. The third-order valence-corrected chi connectivity index (χ3v) is 4.43. The number of ether oxygens (including phenoxy) is 1. The molecule has 0 atom stereocenters. The fourth-order valence-electron chi connectivity index (χ4n) is 2.49. The van der Waals surface area contributed by atoms with Crippen molar-refractivity contribution < 1.29 is 4.74 Å². The quantitative estimate of drug-likeness (QED) is 0.902. The number of benzene rings is 1. The standard InChI is InChI=1S/C16H20N2OS/c1-2-5-15-18-13(11-20-15)10-19-14-8-3-6-12-7-4-9-17-16(12)14/h3,6,8,11,17H,2,4-5,7,9-10H2,1H3. The van der Waals surface area contributed by atoms with E-state index in [-0.39, 0.29) is 0 Å². The molecule has 0 saturated heterocycles. The number of nitrogens with one attached hydrogen (secondary N) is 1. The van der Waals surface area contributed by atoms with Crippen molar-refractivity contribution in [1.82, 2.24) is 4.98 Å². The van der Waals surface area contributed by atoms with Gasteiger partial charge in [0.05, 0.1) is 16.4 Å². The molecule has 2 aromatic rings. The van der Waals surface area contributed by atoms with Crippen molar-refractivity contribution in [2.45, 2.75) is 39.2 Å². The summed E-state index contributed by atoms with van der Waals surface area (Å²) in [4.78, 5) is 4.60. The van der Waals surface area contributed by atoms with Gasteiger partial charge in [-0.25, -0.2) is 4.98 Å². The number of hydrogen-bond acceptors (Lipinski definition) is 4. The normalized spacial score (nSPS) is 13.7. The maximum atomic E-state index is 5.96. The van der Waals surface area contributed by atoms with Gasteiger partial charge in [0, 0.05) is 11.9 Å². The van der Waals surface area contributed by atoms with Gasteiger partial charge in [0.2, 0.25) is 0 Å². The number of fused-ring (bicyclic) bond motifs is 1. The third kappa shape index (κ3) is 2.96. The van der Waals surface area contributed by atoms with E-state index in [9.17, 15) is 0 Å². The van der Waals surface area contributed by atoms with E-state index < -0.39 is 0 Å². The molecule has 1 aromatic carbocycles. The van der Waals surface area contributed by atoms with Crippen LogP contribution in [-0.2, 0) is 19.4 Å². The minimum absolute atomic E-state index is 0.554. The zero-order valence-corrected chi connectivity index (χ0v) is 12.6. The summed E-state index contributed by atoms with van der Waals surface area (Å²) in [6.45, 7) is 3.77. The molecule has 4 heteroatoms. The summed E-state index contributed by atoms with van der Waals surface area (Å²) in [6.07, 6.45) is 4.54. The van der Waals surface area contributed by atoms with E-state index in [2.05, 4.69) is 34.7 Å². The van der Waals surface area contributed by atoms with E-state index in [1.54, 1.807) is 11.3 Å². The van der Waals surface area contributed by atoms with Crippen LogP contribution in [0.15, 0.2) is 23.6 Å². The smallest absolute Gasteiger partial charge is 0.143 e. The summed E-state index contributed by atoms with van der Waals surface area (Å²) < 4.78 is 5.96. The van der Waals surface area contributed by atoms with Crippen LogP contribution in [0.1, 0.15) is 36.0 Å². The van der Waals surface area contributed by atoms with Crippen LogP contribution in [0.5, 0.6) is 5.75 Å². The van der Waals surface area contributed by atoms with Crippen LogP contribution in [0.3, 0.4) is 0 Å². The fraction of sp³-hybridized carbons (Fsp3) is 0.438. The summed E-state index contributed by atoms with van der Waals surface area (Å²) in [6, 6.07) is 6.29. The van der Waals surface area contributed by atoms with Crippen LogP contribution < -0.4 is 10.1 Å². The molecule has 20 heavy (non-hydrogen) atoms. The Balaban J connectivity index is 1.68. The highest BCUT2D eigenvalue weighted by molar-refractivity contribution is 7.09. The van der Waals surface area contributed by atoms with Crippen molar-refractivity contribution in [2.24, 2.45) is 0 Å². The van der Waals surface area contributed by atoms with E-state index >= 15 is 0 Å². The molecule has 1 aliphatic rings. The lowest BCUT2D eigenvalue weighted by Crippen LogP contribution is -2.13. The maximum absolute atomic E-state index is 5.96. The van der Waals surface area contributed by atoms with Crippen molar-refractivity contribution >= 4 is 17.0 Å². The van der Waals surface area contributed by atoms with Crippen LogP contribution in [0.4, 0.5) is 5.69 Å². The van der Waals surface area contributed by atoms with Gasteiger partial charge in [0.15, 0.2) is 0 Å². The molecule has 1 N–H and O–H groups in total. The second-order valence-electron chi connectivity index (χ2n) is 5.09. The molecule has 0 unspecified atom stereocenters. The van der Waals surface area contributed by atoms with Crippen LogP contribution in [0.25, 0.3) is 0 Å². The molecule has 0 amide bonds. The Hall–Kier alpha value is -1.55. The molecule has 1 aliphatic heterocycles. The largest absolute Gasteiger partial charge is 0.485 e. The van der Waals surface area contributed by atoms with Crippen LogP contribution in [-0.4, -0.2) is 11.5 Å². The molecular weight excluding hydrogens is 268 g/mol. The van der Waals surface area contributed by atoms with Gasteiger partial charge in [-0.2, -0.15) is 0 Å². The van der Waals surface area contributed by atoms with Crippen LogP contribution in [0, 0.1) is 0 Å². The van der Waals surface area contributed by atoms with E-state index in [1.807, 2.05) is 6.07 Å². The number of aromatic nitrogens is 1. The van der Waals surface area contributed by atoms with Gasteiger partial charge in [-0.1, -0.05) is 19.1 Å². The first-order chi connectivity index (χ1) is 9.86. The molecule has 0 aliphatic carbocycles. The Kier molecular flexibility index (Phi) is 4.21. The molecule has 3 nitrogen and oxygen atoms in total. The number of nitrogens with zero attached hydrogens (tertiary/aromatic N) is 1. The van der Waals surface area contributed by atoms with Crippen molar-refractivity contribution in [1.29, 1.82) is 0 Å². The van der Waals surface area contributed by atoms with Gasteiger partial charge in [-0.3, -0.25) is 0 Å². The third-order valence-electron chi connectivity index (χ3n) is 3.48. The highest BCUT2D eigenvalue weighted by Gasteiger charge is 2.13. The lowest BCUT2D eigenvalue weighted by atomic mass is 10.0. The van der Waals surface area contributed by atoms with Gasteiger partial charge in [0.1, 0.15) is 12.4 Å².